The first-order valence-electron chi connectivity index (χ1n) is 5.05. The van der Waals surface area contributed by atoms with Crippen LogP contribution in [0.2, 0.25) is 0 Å². The Labute approximate surface area is 117 Å². The predicted molar refractivity (Wildman–Crippen MR) is 73.0 cm³/mol. The Morgan fingerprint density at radius 3 is 2.89 bits per heavy atom. The van der Waals surface area contributed by atoms with Crippen molar-refractivity contribution >= 4 is 28.6 Å². The molecule has 6 heteroatoms. The van der Waals surface area contributed by atoms with Crippen LogP contribution >= 0.6 is 22.6 Å². The van der Waals surface area contributed by atoms with Crippen LogP contribution in [0.5, 0.6) is 11.6 Å². The number of benzene rings is 1. The van der Waals surface area contributed by atoms with Crippen molar-refractivity contribution < 1.29 is 14.6 Å². The van der Waals surface area contributed by atoms with Crippen molar-refractivity contribution in [2.24, 2.45) is 0 Å². The number of nitrogens with zero attached hydrogens (tertiary/aromatic N) is 2. The molecule has 1 heterocycles. The van der Waals surface area contributed by atoms with Gasteiger partial charge in [-0.05, 0) is 47.2 Å². The quantitative estimate of drug-likeness (QED) is 0.857. The van der Waals surface area contributed by atoms with Crippen molar-refractivity contribution in [3.05, 3.63) is 45.4 Å². The molecule has 0 radical (unpaired) electrons. The third-order valence-electron chi connectivity index (χ3n) is 2.21. The average molecular weight is 356 g/mol. The summed E-state index contributed by atoms with van der Waals surface area (Å²) in [6.45, 7) is 1.86. The number of rotatable bonds is 3. The molecule has 0 saturated heterocycles. The van der Waals surface area contributed by atoms with Crippen LogP contribution in [0.25, 0.3) is 0 Å². The van der Waals surface area contributed by atoms with Crippen molar-refractivity contribution in [1.82, 2.24) is 9.97 Å². The molecule has 18 heavy (non-hydrogen) atoms. The summed E-state index contributed by atoms with van der Waals surface area (Å²) in [6, 6.07) is 4.91. The third kappa shape index (κ3) is 2.76. The average Bonchev–Trinajstić information content (AvgIpc) is 2.32. The topological polar surface area (TPSA) is 72.3 Å². The minimum atomic E-state index is -1.03. The highest BCUT2D eigenvalue weighted by Gasteiger charge is 2.13. The van der Waals surface area contributed by atoms with E-state index < -0.39 is 5.97 Å². The molecule has 1 N–H and O–H groups in total. The number of halogens is 1. The summed E-state index contributed by atoms with van der Waals surface area (Å²) in [5, 5.41) is 9.09. The van der Waals surface area contributed by atoms with Crippen LogP contribution in [0.15, 0.2) is 30.7 Å². The van der Waals surface area contributed by atoms with Crippen molar-refractivity contribution in [2.75, 3.05) is 0 Å². The summed E-state index contributed by atoms with van der Waals surface area (Å²) in [5.74, 6) is -0.410. The fraction of sp³-hybridized carbons (Fsp3) is 0.0833. The van der Waals surface area contributed by atoms with Gasteiger partial charge in [-0.3, -0.25) is 0 Å². The van der Waals surface area contributed by atoms with E-state index in [4.69, 9.17) is 9.84 Å². The lowest BCUT2D eigenvalue weighted by atomic mass is 10.1. The second-order valence-electron chi connectivity index (χ2n) is 3.58. The Balaban J connectivity index is 2.42. The van der Waals surface area contributed by atoms with Gasteiger partial charge < -0.3 is 9.84 Å². The van der Waals surface area contributed by atoms with Crippen LogP contribution in [0, 0.1) is 10.5 Å². The summed E-state index contributed by atoms with van der Waals surface area (Å²) in [6.07, 6.45) is 2.95. The highest BCUT2D eigenvalue weighted by Crippen LogP contribution is 2.27. The molecule has 0 fully saturated rings. The molecule has 0 aliphatic rings. The molecule has 0 amide bonds. The fourth-order valence-corrected chi connectivity index (χ4v) is 1.78. The number of carboxylic acid groups (broad SMARTS) is 1. The van der Waals surface area contributed by atoms with Gasteiger partial charge in [0.2, 0.25) is 5.88 Å². The zero-order valence-electron chi connectivity index (χ0n) is 9.42. The smallest absolute Gasteiger partial charge is 0.339 e. The van der Waals surface area contributed by atoms with Gasteiger partial charge in [0.25, 0.3) is 0 Å². The number of carbonyl (C=O) groups is 1. The molecule has 0 aliphatic carbocycles. The van der Waals surface area contributed by atoms with E-state index in [-0.39, 0.29) is 11.3 Å². The van der Waals surface area contributed by atoms with Gasteiger partial charge in [0.1, 0.15) is 17.6 Å². The molecular formula is C12H9IN2O3. The largest absolute Gasteiger partial charge is 0.478 e. The Hall–Kier alpha value is -1.70. The van der Waals surface area contributed by atoms with Crippen LogP contribution in [0.1, 0.15) is 15.9 Å². The van der Waals surface area contributed by atoms with Gasteiger partial charge in [0.05, 0.1) is 3.57 Å². The Bertz CT molecular complexity index is 602. The van der Waals surface area contributed by atoms with Gasteiger partial charge in [-0.2, -0.15) is 0 Å². The van der Waals surface area contributed by atoms with Gasteiger partial charge in [-0.25, -0.2) is 14.8 Å². The first-order valence-corrected chi connectivity index (χ1v) is 6.13. The lowest BCUT2D eigenvalue weighted by Crippen LogP contribution is -2.01. The molecule has 0 saturated carbocycles. The number of aryl methyl sites for hydroxylation is 1. The van der Waals surface area contributed by atoms with Crippen LogP contribution in [0.3, 0.4) is 0 Å². The first-order chi connectivity index (χ1) is 8.58. The molecule has 92 valence electrons. The molecule has 1 aromatic carbocycles. The van der Waals surface area contributed by atoms with E-state index >= 15 is 0 Å². The number of ether oxygens (including phenoxy) is 1. The maximum Gasteiger partial charge on any atom is 0.339 e. The van der Waals surface area contributed by atoms with Gasteiger partial charge >= 0.3 is 5.97 Å². The van der Waals surface area contributed by atoms with E-state index in [0.29, 0.717) is 9.45 Å². The lowest BCUT2D eigenvalue weighted by molar-refractivity contribution is 0.0694. The second kappa shape index (κ2) is 5.30. The zero-order chi connectivity index (χ0) is 13.1. The van der Waals surface area contributed by atoms with E-state index in [1.165, 1.54) is 12.4 Å². The number of aromatic carboxylic acids is 1. The van der Waals surface area contributed by atoms with Crippen LogP contribution in [0.4, 0.5) is 0 Å². The summed E-state index contributed by atoms with van der Waals surface area (Å²) in [4.78, 5) is 18.9. The minimum Gasteiger partial charge on any atom is -0.478 e. The Kier molecular flexibility index (Phi) is 3.75. The van der Waals surface area contributed by atoms with Gasteiger partial charge in [0.15, 0.2) is 0 Å². The number of hydrogen-bond acceptors (Lipinski definition) is 4. The first kappa shape index (κ1) is 12.7. The maximum absolute atomic E-state index is 11.1. The molecule has 0 bridgehead atoms. The zero-order valence-corrected chi connectivity index (χ0v) is 11.6. The van der Waals surface area contributed by atoms with E-state index in [1.807, 2.05) is 29.5 Å². The third-order valence-corrected chi connectivity index (χ3v) is 2.95. The van der Waals surface area contributed by atoms with Gasteiger partial charge in [-0.15, -0.1) is 0 Å². The molecule has 0 unspecified atom stereocenters. The monoisotopic (exact) mass is 356 g/mol. The Morgan fingerprint density at radius 1 is 1.44 bits per heavy atom. The SMILES string of the molecule is Cc1ccc(C(=O)O)c(Oc2ncncc2I)c1. The van der Waals surface area contributed by atoms with Crippen LogP contribution in [-0.4, -0.2) is 21.0 Å². The second-order valence-corrected chi connectivity index (χ2v) is 4.74. The summed E-state index contributed by atoms with van der Waals surface area (Å²) < 4.78 is 6.26. The standard InChI is InChI=1S/C12H9IN2O3/c1-7-2-3-8(12(16)17)10(4-7)18-11-9(13)5-14-6-15-11/h2-6H,1H3,(H,16,17). The summed E-state index contributed by atoms with van der Waals surface area (Å²) >= 11 is 2.03. The summed E-state index contributed by atoms with van der Waals surface area (Å²) in [7, 11) is 0. The highest BCUT2D eigenvalue weighted by atomic mass is 127. The molecule has 0 atom stereocenters. The number of carboxylic acids is 1. The van der Waals surface area contributed by atoms with Gasteiger partial charge in [-0.1, -0.05) is 6.07 Å². The Morgan fingerprint density at radius 2 is 2.22 bits per heavy atom. The molecule has 2 rings (SSSR count). The van der Waals surface area contributed by atoms with E-state index in [2.05, 4.69) is 9.97 Å². The number of aromatic nitrogens is 2. The number of hydrogen-bond donors (Lipinski definition) is 1. The maximum atomic E-state index is 11.1. The van der Waals surface area contributed by atoms with Gasteiger partial charge in [0, 0.05) is 6.20 Å². The van der Waals surface area contributed by atoms with Crippen molar-refractivity contribution in [1.29, 1.82) is 0 Å². The molecular weight excluding hydrogens is 347 g/mol. The molecule has 5 nitrogen and oxygen atoms in total. The molecule has 0 aliphatic heterocycles. The van der Waals surface area contributed by atoms with Crippen molar-refractivity contribution in [2.45, 2.75) is 6.92 Å². The molecule has 1 aromatic heterocycles. The minimum absolute atomic E-state index is 0.106. The van der Waals surface area contributed by atoms with E-state index in [9.17, 15) is 4.79 Å². The fourth-order valence-electron chi connectivity index (χ4n) is 1.37. The van der Waals surface area contributed by atoms with Crippen molar-refractivity contribution in [3.8, 4) is 11.6 Å². The van der Waals surface area contributed by atoms with Crippen LogP contribution in [-0.2, 0) is 0 Å². The predicted octanol–water partition coefficient (Wildman–Crippen LogP) is 2.88. The summed E-state index contributed by atoms with van der Waals surface area (Å²) in [5.41, 5.74) is 1.02. The van der Waals surface area contributed by atoms with E-state index in [0.717, 1.165) is 5.56 Å². The highest BCUT2D eigenvalue weighted by molar-refractivity contribution is 14.1. The molecule has 2 aromatic rings. The van der Waals surface area contributed by atoms with Crippen LogP contribution < -0.4 is 4.74 Å². The van der Waals surface area contributed by atoms with E-state index in [1.54, 1.807) is 18.3 Å². The lowest BCUT2D eigenvalue weighted by Gasteiger charge is -2.09. The molecule has 0 spiro atoms. The van der Waals surface area contributed by atoms with Crippen molar-refractivity contribution in [3.63, 3.8) is 0 Å². The normalized spacial score (nSPS) is 10.1.